The zero-order valence-corrected chi connectivity index (χ0v) is 8.77. The van der Waals surface area contributed by atoms with Crippen LogP contribution < -0.4 is 0 Å². The molecule has 0 spiro atoms. The molecule has 12 heavy (non-hydrogen) atoms. The lowest BCUT2D eigenvalue weighted by Gasteiger charge is -2.27. The van der Waals surface area contributed by atoms with Crippen LogP contribution in [0.1, 0.15) is 13.8 Å². The van der Waals surface area contributed by atoms with Gasteiger partial charge < -0.3 is 0 Å². The lowest BCUT2D eigenvalue weighted by Crippen LogP contribution is -1.94. The summed E-state index contributed by atoms with van der Waals surface area (Å²) in [5.41, 5.74) is 0. The van der Waals surface area contributed by atoms with Crippen molar-refractivity contribution in [1.82, 2.24) is 0 Å². The molecule has 0 bridgehead atoms. The fourth-order valence-electron chi connectivity index (χ4n) is 0.471. The van der Waals surface area contributed by atoms with Gasteiger partial charge in [0.2, 0.25) is 0 Å². The lowest BCUT2D eigenvalue weighted by molar-refractivity contribution is 0.505. The van der Waals surface area contributed by atoms with Crippen LogP contribution in [0.25, 0.3) is 0 Å². The molecule has 0 atom stereocenters. The topological polar surface area (TPSA) is 40.5 Å². The zero-order valence-electron chi connectivity index (χ0n) is 7.95. The molecule has 0 rings (SSSR count). The maximum absolute atomic E-state index is 9.06. The molecule has 0 amide bonds. The quantitative estimate of drug-likeness (QED) is 0.667. The van der Waals surface area contributed by atoms with Crippen molar-refractivity contribution in [2.75, 3.05) is 6.26 Å². The third kappa shape index (κ3) is 6.22. The second-order valence-electron chi connectivity index (χ2n) is 1.84. The van der Waals surface area contributed by atoms with Crippen LogP contribution in [0.4, 0.5) is 0 Å². The molecule has 0 saturated heterocycles. The van der Waals surface area contributed by atoms with Gasteiger partial charge in [0.05, 0.1) is 4.91 Å². The molecule has 0 saturated carbocycles. The van der Waals surface area contributed by atoms with E-state index in [1.807, 2.05) is 13.8 Å². The van der Waals surface area contributed by atoms with Gasteiger partial charge in [-0.15, -0.1) is 0 Å². The van der Waals surface area contributed by atoms with E-state index in [0.29, 0.717) is 4.91 Å². The van der Waals surface area contributed by atoms with Crippen molar-refractivity contribution in [1.29, 1.82) is 0 Å². The Morgan fingerprint density at radius 3 is 1.75 bits per heavy atom. The Labute approximate surface area is 76.7 Å². The maximum atomic E-state index is 9.06. The minimum atomic E-state index is -2.61. The summed E-state index contributed by atoms with van der Waals surface area (Å²) >= 11 is 0. The largest absolute Gasteiger partial charge is 0.295 e. The van der Waals surface area contributed by atoms with Crippen LogP contribution in [-0.4, -0.2) is 15.4 Å². The van der Waals surface area contributed by atoms with Crippen molar-refractivity contribution >= 4 is 10.6 Å². The molecule has 0 aromatic heterocycles. The molecule has 3 heteroatoms. The molecular formula is C9H18O2S. The SMILES string of the molecule is C=C/C=C(\C=C)S(C)(O)O.CC. The van der Waals surface area contributed by atoms with Gasteiger partial charge in [0.1, 0.15) is 0 Å². The van der Waals surface area contributed by atoms with Gasteiger partial charge in [0.15, 0.2) is 0 Å². The highest BCUT2D eigenvalue weighted by molar-refractivity contribution is 8.27. The fourth-order valence-corrected chi connectivity index (χ4v) is 1.14. The van der Waals surface area contributed by atoms with E-state index >= 15 is 0 Å². The van der Waals surface area contributed by atoms with E-state index in [2.05, 4.69) is 13.2 Å². The molecule has 0 radical (unpaired) electrons. The lowest BCUT2D eigenvalue weighted by atomic mass is 10.5. The van der Waals surface area contributed by atoms with E-state index in [1.54, 1.807) is 0 Å². The predicted octanol–water partition coefficient (Wildman–Crippen LogP) is 3.65. The summed E-state index contributed by atoms with van der Waals surface area (Å²) in [6.45, 7) is 10.9. The van der Waals surface area contributed by atoms with Crippen molar-refractivity contribution in [3.63, 3.8) is 0 Å². The summed E-state index contributed by atoms with van der Waals surface area (Å²) in [4.78, 5) is 0.419. The predicted molar refractivity (Wildman–Crippen MR) is 58.6 cm³/mol. The molecule has 2 nitrogen and oxygen atoms in total. The molecule has 72 valence electrons. The van der Waals surface area contributed by atoms with Crippen molar-refractivity contribution in [2.45, 2.75) is 13.8 Å². The van der Waals surface area contributed by atoms with Gasteiger partial charge in [-0.2, -0.15) is 10.6 Å². The van der Waals surface area contributed by atoms with Gasteiger partial charge in [0, 0.05) is 6.26 Å². The summed E-state index contributed by atoms with van der Waals surface area (Å²) in [5.74, 6) is 0. The summed E-state index contributed by atoms with van der Waals surface area (Å²) in [6, 6.07) is 0. The maximum Gasteiger partial charge on any atom is 0.0574 e. The molecule has 0 aromatic rings. The zero-order chi connectivity index (χ0) is 10.2. The monoisotopic (exact) mass is 190 g/mol. The molecular weight excluding hydrogens is 172 g/mol. The van der Waals surface area contributed by atoms with Crippen LogP contribution in [0.2, 0.25) is 0 Å². The van der Waals surface area contributed by atoms with E-state index in [1.165, 1.54) is 24.5 Å². The molecule has 2 N–H and O–H groups in total. The van der Waals surface area contributed by atoms with Crippen LogP contribution in [0.15, 0.2) is 36.3 Å². The highest BCUT2D eigenvalue weighted by Crippen LogP contribution is 2.43. The molecule has 0 aromatic carbocycles. The average Bonchev–Trinajstić information content (AvgIpc) is 2.02. The van der Waals surface area contributed by atoms with E-state index in [9.17, 15) is 0 Å². The third-order valence-electron chi connectivity index (χ3n) is 0.930. The van der Waals surface area contributed by atoms with Crippen LogP contribution in [-0.2, 0) is 0 Å². The summed E-state index contributed by atoms with van der Waals surface area (Å²) < 4.78 is 18.1. The van der Waals surface area contributed by atoms with Crippen LogP contribution in [0.3, 0.4) is 0 Å². The number of rotatable bonds is 3. The second kappa shape index (κ2) is 7.16. The molecule has 0 aliphatic rings. The average molecular weight is 190 g/mol. The first-order valence-corrected chi connectivity index (χ1v) is 5.66. The van der Waals surface area contributed by atoms with Crippen LogP contribution >= 0.6 is 10.6 Å². The summed E-state index contributed by atoms with van der Waals surface area (Å²) in [5, 5.41) is 0. The fraction of sp³-hybridized carbons (Fsp3) is 0.333. The Balaban J connectivity index is 0. The molecule has 0 unspecified atom stereocenters. The van der Waals surface area contributed by atoms with E-state index < -0.39 is 10.6 Å². The summed E-state index contributed by atoms with van der Waals surface area (Å²) in [6.07, 6.45) is 5.79. The van der Waals surface area contributed by atoms with Crippen LogP contribution in [0, 0.1) is 0 Å². The smallest absolute Gasteiger partial charge is 0.0574 e. The second-order valence-corrected chi connectivity index (χ2v) is 3.98. The molecule has 0 aliphatic carbocycles. The third-order valence-corrected chi connectivity index (χ3v) is 2.13. The van der Waals surface area contributed by atoms with Crippen molar-refractivity contribution in [2.24, 2.45) is 0 Å². The Kier molecular flexibility index (Phi) is 8.37. The Morgan fingerprint density at radius 2 is 1.67 bits per heavy atom. The van der Waals surface area contributed by atoms with E-state index in [0.717, 1.165) is 0 Å². The van der Waals surface area contributed by atoms with Gasteiger partial charge in [-0.05, 0) is 12.2 Å². The Bertz CT molecular complexity index is 166. The Hall–Kier alpha value is -0.510. The van der Waals surface area contributed by atoms with Crippen molar-refractivity contribution in [3.8, 4) is 0 Å². The standard InChI is InChI=1S/C7H12O2S.C2H6/c1-4-6-7(5-2)10(3,8)9;1-2/h4-6,8-9H,1-2H2,3H3;1-2H3/b7-6+;. The van der Waals surface area contributed by atoms with Crippen LogP contribution in [0.5, 0.6) is 0 Å². The van der Waals surface area contributed by atoms with Gasteiger partial charge in [-0.25, -0.2) is 0 Å². The first-order valence-electron chi connectivity index (χ1n) is 3.70. The van der Waals surface area contributed by atoms with Gasteiger partial charge in [0.25, 0.3) is 0 Å². The van der Waals surface area contributed by atoms with Gasteiger partial charge >= 0.3 is 0 Å². The number of hydrogen-bond donors (Lipinski definition) is 2. The molecule has 0 heterocycles. The van der Waals surface area contributed by atoms with Crippen molar-refractivity contribution in [3.05, 3.63) is 36.3 Å². The molecule has 0 aliphatic heterocycles. The summed E-state index contributed by atoms with van der Waals surface area (Å²) in [7, 11) is -2.61. The first kappa shape index (κ1) is 14.0. The van der Waals surface area contributed by atoms with E-state index in [4.69, 9.17) is 9.11 Å². The minimum absolute atomic E-state index is 0.419. The van der Waals surface area contributed by atoms with Gasteiger partial charge in [-0.1, -0.05) is 33.1 Å². The minimum Gasteiger partial charge on any atom is -0.295 e. The van der Waals surface area contributed by atoms with Crippen molar-refractivity contribution < 1.29 is 9.11 Å². The normalized spacial score (nSPS) is 12.6. The van der Waals surface area contributed by atoms with Gasteiger partial charge in [-0.3, -0.25) is 9.11 Å². The number of allylic oxidation sites excluding steroid dienone is 3. The van der Waals surface area contributed by atoms with E-state index in [-0.39, 0.29) is 0 Å². The highest BCUT2D eigenvalue weighted by atomic mass is 32.3. The Morgan fingerprint density at radius 1 is 1.25 bits per heavy atom. The highest BCUT2D eigenvalue weighted by Gasteiger charge is 2.06. The number of hydrogen-bond acceptors (Lipinski definition) is 2. The molecule has 0 fully saturated rings. The first-order chi connectivity index (χ1) is 5.52.